The van der Waals surface area contributed by atoms with Crippen LogP contribution in [0.25, 0.3) is 12.2 Å². The third kappa shape index (κ3) is 3.40. The maximum atomic E-state index is 12.7. The quantitative estimate of drug-likeness (QED) is 0.792. The lowest BCUT2D eigenvalue weighted by Crippen LogP contribution is -2.37. The summed E-state index contributed by atoms with van der Waals surface area (Å²) in [5.41, 5.74) is 1.79. The van der Waals surface area contributed by atoms with Crippen molar-refractivity contribution in [2.24, 2.45) is 0 Å². The highest BCUT2D eigenvalue weighted by molar-refractivity contribution is 7.11. The molecule has 1 fully saturated rings. The summed E-state index contributed by atoms with van der Waals surface area (Å²) in [6, 6.07) is 8.14. The van der Waals surface area contributed by atoms with Crippen LogP contribution in [-0.4, -0.2) is 30.3 Å². The monoisotopic (exact) mass is 315 g/mol. The zero-order valence-corrected chi connectivity index (χ0v) is 13.5. The number of hydrogen-bond donors (Lipinski definition) is 0. The molecule has 3 heterocycles. The summed E-state index contributed by atoms with van der Waals surface area (Å²) >= 11 is 3.34. The van der Waals surface area contributed by atoms with Crippen molar-refractivity contribution < 1.29 is 4.79 Å². The average Bonchev–Trinajstić information content (AvgIpc) is 3.16. The number of thiophene rings is 2. The number of carbonyl (C=O) groups excluding carboxylic acids is 1. The number of ketones is 1. The summed E-state index contributed by atoms with van der Waals surface area (Å²) in [5.74, 6) is 0.196. The van der Waals surface area contributed by atoms with Crippen LogP contribution in [0.5, 0.6) is 0 Å². The molecule has 21 heavy (non-hydrogen) atoms. The summed E-state index contributed by atoms with van der Waals surface area (Å²) in [6.45, 7) is 4.59. The molecule has 0 aliphatic carbocycles. The second-order valence-electron chi connectivity index (χ2n) is 5.00. The third-order valence-corrected chi connectivity index (χ3v) is 5.18. The standard InChI is InChI=1S/C17H17NOS2/c1-2-18-11-13(9-15-5-3-7-20-15)17(19)14(12-18)10-16-6-4-8-21-16/h3-10H,2,11-12H2,1H3. The van der Waals surface area contributed by atoms with Gasteiger partial charge in [-0.1, -0.05) is 19.1 Å². The van der Waals surface area contributed by atoms with Crippen LogP contribution in [-0.2, 0) is 4.79 Å². The molecule has 0 amide bonds. The molecule has 2 nitrogen and oxygen atoms in total. The van der Waals surface area contributed by atoms with Gasteiger partial charge < -0.3 is 0 Å². The van der Waals surface area contributed by atoms with Crippen LogP contribution in [0.4, 0.5) is 0 Å². The van der Waals surface area contributed by atoms with Crippen LogP contribution < -0.4 is 0 Å². The first kappa shape index (κ1) is 14.4. The summed E-state index contributed by atoms with van der Waals surface area (Å²) in [5, 5.41) is 4.08. The molecule has 2 aromatic rings. The summed E-state index contributed by atoms with van der Waals surface area (Å²) in [7, 11) is 0. The van der Waals surface area contributed by atoms with E-state index in [1.165, 1.54) is 0 Å². The van der Waals surface area contributed by atoms with Gasteiger partial charge in [0, 0.05) is 34.0 Å². The van der Waals surface area contributed by atoms with Crippen LogP contribution in [0.1, 0.15) is 16.7 Å². The van der Waals surface area contributed by atoms with Gasteiger partial charge in [-0.2, -0.15) is 0 Å². The van der Waals surface area contributed by atoms with Gasteiger partial charge in [0.2, 0.25) is 0 Å². The van der Waals surface area contributed by atoms with Gasteiger partial charge in [-0.3, -0.25) is 9.69 Å². The number of piperidine rings is 1. The fourth-order valence-electron chi connectivity index (χ4n) is 2.42. The first-order valence-electron chi connectivity index (χ1n) is 7.01. The fourth-order valence-corrected chi connectivity index (χ4v) is 3.79. The number of likely N-dealkylation sites (tertiary alicyclic amines) is 1. The molecule has 1 saturated heterocycles. The van der Waals surface area contributed by atoms with Gasteiger partial charge in [-0.05, 0) is 41.6 Å². The minimum atomic E-state index is 0.196. The Morgan fingerprint density at radius 1 is 1.05 bits per heavy atom. The second kappa shape index (κ2) is 6.52. The van der Waals surface area contributed by atoms with Crippen LogP contribution in [0.2, 0.25) is 0 Å². The van der Waals surface area contributed by atoms with Crippen LogP contribution in [0, 0.1) is 0 Å². The van der Waals surface area contributed by atoms with E-state index in [4.69, 9.17) is 0 Å². The van der Waals surface area contributed by atoms with Gasteiger partial charge in [0.15, 0.2) is 5.78 Å². The minimum absolute atomic E-state index is 0.196. The number of carbonyl (C=O) groups is 1. The fraction of sp³-hybridized carbons (Fsp3) is 0.235. The number of likely N-dealkylation sites (N-methyl/N-ethyl adjacent to an activating group) is 1. The van der Waals surface area contributed by atoms with E-state index in [1.54, 1.807) is 22.7 Å². The predicted molar refractivity (Wildman–Crippen MR) is 91.7 cm³/mol. The Hall–Kier alpha value is -1.49. The van der Waals surface area contributed by atoms with Gasteiger partial charge in [-0.25, -0.2) is 0 Å². The highest BCUT2D eigenvalue weighted by atomic mass is 32.1. The van der Waals surface area contributed by atoms with E-state index < -0.39 is 0 Å². The van der Waals surface area contributed by atoms with Crippen molar-refractivity contribution in [1.82, 2.24) is 4.90 Å². The molecular formula is C17H17NOS2. The van der Waals surface area contributed by atoms with Crippen LogP contribution in [0.15, 0.2) is 46.2 Å². The topological polar surface area (TPSA) is 20.3 Å². The van der Waals surface area contributed by atoms with Gasteiger partial charge in [0.25, 0.3) is 0 Å². The summed E-state index contributed by atoms with van der Waals surface area (Å²) in [6.07, 6.45) is 4.08. The maximum absolute atomic E-state index is 12.7. The van der Waals surface area contributed by atoms with Crippen molar-refractivity contribution in [3.63, 3.8) is 0 Å². The third-order valence-electron chi connectivity index (χ3n) is 3.54. The van der Waals surface area contributed by atoms with E-state index in [2.05, 4.69) is 24.0 Å². The highest BCUT2D eigenvalue weighted by Crippen LogP contribution is 2.24. The number of hydrogen-bond acceptors (Lipinski definition) is 4. The molecule has 2 aromatic heterocycles. The Kier molecular flexibility index (Phi) is 4.48. The molecule has 1 aliphatic rings. The maximum Gasteiger partial charge on any atom is 0.187 e. The average molecular weight is 315 g/mol. The van der Waals surface area contributed by atoms with E-state index >= 15 is 0 Å². The van der Waals surface area contributed by atoms with Crippen molar-refractivity contribution in [3.8, 4) is 0 Å². The second-order valence-corrected chi connectivity index (χ2v) is 6.96. The minimum Gasteiger partial charge on any atom is -0.295 e. The van der Waals surface area contributed by atoms with Gasteiger partial charge in [0.1, 0.15) is 0 Å². The molecule has 0 spiro atoms. The molecule has 0 radical (unpaired) electrons. The Labute approximate surface area is 133 Å². The molecular weight excluding hydrogens is 298 g/mol. The van der Waals surface area contributed by atoms with E-state index in [-0.39, 0.29) is 5.78 Å². The smallest absolute Gasteiger partial charge is 0.187 e. The first-order valence-corrected chi connectivity index (χ1v) is 8.77. The normalized spacial score (nSPS) is 20.5. The first-order chi connectivity index (χ1) is 10.3. The predicted octanol–water partition coefficient (Wildman–Crippen LogP) is 4.18. The molecule has 0 atom stereocenters. The lowest BCUT2D eigenvalue weighted by atomic mass is 9.96. The molecule has 3 rings (SSSR count). The van der Waals surface area contributed by atoms with Gasteiger partial charge >= 0.3 is 0 Å². The molecule has 108 valence electrons. The Bertz CT molecular complexity index is 609. The molecule has 0 bridgehead atoms. The zero-order valence-electron chi connectivity index (χ0n) is 11.9. The summed E-state index contributed by atoms with van der Waals surface area (Å²) in [4.78, 5) is 17.3. The SMILES string of the molecule is CCN1CC(=Cc2cccs2)C(=O)C(=Cc2cccs2)C1. The van der Waals surface area contributed by atoms with Crippen LogP contribution >= 0.6 is 22.7 Å². The number of rotatable bonds is 3. The molecule has 0 aromatic carbocycles. The van der Waals surface area contributed by atoms with Crippen molar-refractivity contribution >= 4 is 40.6 Å². The Balaban J connectivity index is 1.93. The van der Waals surface area contributed by atoms with Gasteiger partial charge in [-0.15, -0.1) is 22.7 Å². The zero-order chi connectivity index (χ0) is 14.7. The van der Waals surface area contributed by atoms with E-state index in [0.717, 1.165) is 40.5 Å². The number of nitrogens with zero attached hydrogens (tertiary/aromatic N) is 1. The van der Waals surface area contributed by atoms with Crippen molar-refractivity contribution in [3.05, 3.63) is 55.9 Å². The van der Waals surface area contributed by atoms with Crippen molar-refractivity contribution in [2.75, 3.05) is 19.6 Å². The Morgan fingerprint density at radius 3 is 1.95 bits per heavy atom. The largest absolute Gasteiger partial charge is 0.295 e. The Morgan fingerprint density at radius 2 is 1.57 bits per heavy atom. The lowest BCUT2D eigenvalue weighted by Gasteiger charge is -2.28. The molecule has 1 aliphatic heterocycles. The molecule has 0 saturated carbocycles. The molecule has 0 unspecified atom stereocenters. The highest BCUT2D eigenvalue weighted by Gasteiger charge is 2.25. The molecule has 4 heteroatoms. The van der Waals surface area contributed by atoms with E-state index in [9.17, 15) is 4.79 Å². The summed E-state index contributed by atoms with van der Waals surface area (Å²) < 4.78 is 0. The van der Waals surface area contributed by atoms with Crippen molar-refractivity contribution in [2.45, 2.75) is 6.92 Å². The van der Waals surface area contributed by atoms with E-state index in [0.29, 0.717) is 0 Å². The van der Waals surface area contributed by atoms with Crippen molar-refractivity contribution in [1.29, 1.82) is 0 Å². The van der Waals surface area contributed by atoms with E-state index in [1.807, 2.05) is 35.0 Å². The van der Waals surface area contributed by atoms with Gasteiger partial charge in [0.05, 0.1) is 0 Å². The van der Waals surface area contributed by atoms with Crippen LogP contribution in [0.3, 0.4) is 0 Å². The number of Topliss-reactive ketones (excluding diaryl/α,β-unsaturated/α-hetero) is 1. The lowest BCUT2D eigenvalue weighted by molar-refractivity contribution is -0.113. The molecule has 0 N–H and O–H groups in total.